The predicted octanol–water partition coefficient (Wildman–Crippen LogP) is 0.760. The highest BCUT2D eigenvalue weighted by atomic mass is 35.5. The molecule has 94 valence electrons. The molecular formula is C6H17Cl2N2O4P. The molecule has 1 aliphatic rings. The lowest BCUT2D eigenvalue weighted by atomic mass is 10.1. The normalized spacial score (nSPS) is 37.5. The van der Waals surface area contributed by atoms with Crippen LogP contribution in [0.2, 0.25) is 0 Å². The van der Waals surface area contributed by atoms with Gasteiger partial charge in [-0.3, -0.25) is 9.05 Å². The molecule has 15 heavy (non-hydrogen) atoms. The molecule has 9 heteroatoms. The largest absolute Gasteiger partial charge is 0.473 e. The predicted molar refractivity (Wildman–Crippen MR) is 61.2 cm³/mol. The van der Waals surface area contributed by atoms with Crippen LogP contribution in [0, 0.1) is 0 Å². The Hall–Kier alpha value is 0.610. The first-order valence-corrected chi connectivity index (χ1v) is 5.66. The molecule has 0 radical (unpaired) electrons. The molecular weight excluding hydrogens is 266 g/mol. The van der Waals surface area contributed by atoms with Gasteiger partial charge in [0.05, 0.1) is 6.61 Å². The Bertz CT molecular complexity index is 221. The molecule has 0 amide bonds. The monoisotopic (exact) mass is 282 g/mol. The number of phosphoric acid groups is 1. The van der Waals surface area contributed by atoms with Gasteiger partial charge in [-0.2, -0.15) is 0 Å². The molecule has 0 aromatic heterocycles. The first-order chi connectivity index (χ1) is 5.99. The third kappa shape index (κ3) is 7.49. The fourth-order valence-corrected chi connectivity index (χ4v) is 2.00. The number of hydrogen-bond donors (Lipinski definition) is 3. The van der Waals surface area contributed by atoms with Gasteiger partial charge in [-0.1, -0.05) is 0 Å². The summed E-state index contributed by atoms with van der Waals surface area (Å²) in [4.78, 5) is 9.07. The second kappa shape index (κ2) is 7.81. The first-order valence-electron chi connectivity index (χ1n) is 4.16. The summed E-state index contributed by atoms with van der Waals surface area (Å²) in [6, 6.07) is -0.227. The molecule has 6 nitrogen and oxygen atoms in total. The molecule has 0 aliphatic carbocycles. The molecule has 0 spiro atoms. The van der Waals surface area contributed by atoms with Crippen LogP contribution in [0.15, 0.2) is 0 Å². The van der Waals surface area contributed by atoms with E-state index in [-0.39, 0.29) is 37.5 Å². The van der Waals surface area contributed by atoms with Gasteiger partial charge in [-0.05, 0) is 19.3 Å². The van der Waals surface area contributed by atoms with E-state index in [2.05, 4.69) is 9.05 Å². The van der Waals surface area contributed by atoms with Gasteiger partial charge in [0.25, 0.3) is 0 Å². The standard InChI is InChI=1S/C6H15N2O4P.2ClH/c7-5-2-1-3-6(8)12-13(9,10)11-4-5;;/h5-6H,1-4,7-8H2,(H,9,10);2*1H. The van der Waals surface area contributed by atoms with Crippen molar-refractivity contribution in [3.8, 4) is 0 Å². The van der Waals surface area contributed by atoms with E-state index in [1.54, 1.807) is 0 Å². The van der Waals surface area contributed by atoms with Gasteiger partial charge < -0.3 is 16.4 Å². The zero-order valence-electron chi connectivity index (χ0n) is 8.07. The van der Waals surface area contributed by atoms with Crippen LogP contribution in [0.3, 0.4) is 0 Å². The molecule has 1 rings (SSSR count). The Labute approximate surface area is 101 Å². The average Bonchev–Trinajstić information content (AvgIpc) is 2.03. The molecule has 0 bridgehead atoms. The van der Waals surface area contributed by atoms with Crippen LogP contribution in [0.1, 0.15) is 19.3 Å². The summed E-state index contributed by atoms with van der Waals surface area (Å²) in [7, 11) is -3.98. The van der Waals surface area contributed by atoms with Crippen molar-refractivity contribution in [3.05, 3.63) is 0 Å². The van der Waals surface area contributed by atoms with Crippen LogP contribution in [-0.4, -0.2) is 23.8 Å². The SMILES string of the molecule is Cl.Cl.NC1CCCC(N)OP(=O)(O)OC1. The number of nitrogens with two attached hydrogens (primary N) is 2. The minimum atomic E-state index is -3.98. The van der Waals surface area contributed by atoms with Crippen molar-refractivity contribution in [1.29, 1.82) is 0 Å². The lowest BCUT2D eigenvalue weighted by molar-refractivity contribution is 0.106. The lowest BCUT2D eigenvalue weighted by Crippen LogP contribution is -2.25. The minimum Gasteiger partial charge on any atom is -0.326 e. The minimum absolute atomic E-state index is 0. The molecule has 3 atom stereocenters. The summed E-state index contributed by atoms with van der Waals surface area (Å²) in [6.07, 6.45) is 1.26. The highest BCUT2D eigenvalue weighted by Crippen LogP contribution is 2.45. The van der Waals surface area contributed by atoms with Gasteiger partial charge >= 0.3 is 7.82 Å². The maximum absolute atomic E-state index is 11.1. The molecule has 0 aromatic carbocycles. The van der Waals surface area contributed by atoms with Crippen molar-refractivity contribution in [2.45, 2.75) is 31.5 Å². The lowest BCUT2D eigenvalue weighted by Gasteiger charge is -2.15. The van der Waals surface area contributed by atoms with Crippen LogP contribution in [0.4, 0.5) is 0 Å². The number of halogens is 2. The van der Waals surface area contributed by atoms with E-state index in [0.29, 0.717) is 6.42 Å². The van der Waals surface area contributed by atoms with Gasteiger partial charge in [-0.25, -0.2) is 4.57 Å². The van der Waals surface area contributed by atoms with Crippen LogP contribution >= 0.6 is 32.6 Å². The number of hydrogen-bond acceptors (Lipinski definition) is 5. The third-order valence-corrected chi connectivity index (χ3v) is 2.80. The van der Waals surface area contributed by atoms with E-state index >= 15 is 0 Å². The second-order valence-corrected chi connectivity index (χ2v) is 4.51. The van der Waals surface area contributed by atoms with Crippen molar-refractivity contribution < 1.29 is 18.5 Å². The van der Waals surface area contributed by atoms with Crippen molar-refractivity contribution in [1.82, 2.24) is 0 Å². The zero-order chi connectivity index (χ0) is 9.90. The summed E-state index contributed by atoms with van der Waals surface area (Å²) in [6.45, 7) is 0.0283. The Balaban J connectivity index is 0. The average molecular weight is 283 g/mol. The summed E-state index contributed by atoms with van der Waals surface area (Å²) < 4.78 is 20.3. The highest BCUT2D eigenvalue weighted by Gasteiger charge is 2.27. The second-order valence-electron chi connectivity index (χ2n) is 3.10. The first kappa shape index (κ1) is 18.0. The van der Waals surface area contributed by atoms with Gasteiger partial charge in [0, 0.05) is 6.04 Å². The van der Waals surface area contributed by atoms with Gasteiger partial charge in [-0.15, -0.1) is 24.8 Å². The van der Waals surface area contributed by atoms with E-state index in [1.807, 2.05) is 0 Å². The van der Waals surface area contributed by atoms with Crippen LogP contribution in [0.25, 0.3) is 0 Å². The molecule has 1 aliphatic heterocycles. The zero-order valence-corrected chi connectivity index (χ0v) is 10.6. The Morgan fingerprint density at radius 2 is 1.87 bits per heavy atom. The van der Waals surface area contributed by atoms with Crippen LogP contribution in [-0.2, 0) is 13.6 Å². The summed E-state index contributed by atoms with van der Waals surface area (Å²) in [5.41, 5.74) is 11.0. The van der Waals surface area contributed by atoms with Crippen molar-refractivity contribution >= 4 is 32.6 Å². The summed E-state index contributed by atoms with van der Waals surface area (Å²) >= 11 is 0. The molecule has 1 heterocycles. The fraction of sp³-hybridized carbons (Fsp3) is 1.00. The van der Waals surface area contributed by atoms with E-state index in [4.69, 9.17) is 16.4 Å². The highest BCUT2D eigenvalue weighted by molar-refractivity contribution is 7.47. The van der Waals surface area contributed by atoms with Crippen molar-refractivity contribution in [2.24, 2.45) is 11.5 Å². The molecule has 1 fully saturated rings. The Kier molecular flexibility index (Phi) is 9.37. The maximum Gasteiger partial charge on any atom is 0.473 e. The molecule has 3 unspecified atom stereocenters. The van der Waals surface area contributed by atoms with Crippen molar-refractivity contribution in [3.63, 3.8) is 0 Å². The molecule has 5 N–H and O–H groups in total. The van der Waals surface area contributed by atoms with Gasteiger partial charge in [0.15, 0.2) is 0 Å². The Morgan fingerprint density at radius 1 is 1.27 bits per heavy atom. The smallest absolute Gasteiger partial charge is 0.326 e. The summed E-state index contributed by atoms with van der Waals surface area (Å²) in [5, 5.41) is 0. The van der Waals surface area contributed by atoms with E-state index < -0.39 is 14.1 Å². The summed E-state index contributed by atoms with van der Waals surface area (Å²) in [5.74, 6) is 0. The van der Waals surface area contributed by atoms with Crippen LogP contribution in [0.5, 0.6) is 0 Å². The fourth-order valence-electron chi connectivity index (χ4n) is 1.11. The number of rotatable bonds is 0. The molecule has 0 aromatic rings. The van der Waals surface area contributed by atoms with Crippen molar-refractivity contribution in [2.75, 3.05) is 6.61 Å². The maximum atomic E-state index is 11.1. The van der Waals surface area contributed by atoms with Gasteiger partial charge in [0.2, 0.25) is 0 Å². The van der Waals surface area contributed by atoms with E-state index in [9.17, 15) is 4.57 Å². The molecule has 0 saturated carbocycles. The van der Waals surface area contributed by atoms with Crippen LogP contribution < -0.4 is 11.5 Å². The Morgan fingerprint density at radius 3 is 2.47 bits per heavy atom. The molecule has 1 saturated heterocycles. The number of phosphoric ester groups is 1. The third-order valence-electron chi connectivity index (χ3n) is 1.78. The van der Waals surface area contributed by atoms with E-state index in [1.165, 1.54) is 0 Å². The quantitative estimate of drug-likeness (QED) is 0.566. The van der Waals surface area contributed by atoms with Gasteiger partial charge in [0.1, 0.15) is 6.23 Å². The van der Waals surface area contributed by atoms with E-state index in [0.717, 1.165) is 12.8 Å². The topological polar surface area (TPSA) is 108 Å².